The second-order valence-electron chi connectivity index (χ2n) is 13.3. The van der Waals surface area contributed by atoms with E-state index in [1.165, 1.54) is 0 Å². The normalized spacial score (nSPS) is 27.1. The van der Waals surface area contributed by atoms with Gasteiger partial charge in [-0.15, -0.1) is 0 Å². The first-order chi connectivity index (χ1) is 20.2. The molecule has 6 atom stereocenters. The van der Waals surface area contributed by atoms with Crippen LogP contribution in [0.2, 0.25) is 0 Å². The number of nitrogens with one attached hydrogen (secondary N) is 3. The number of carbonyl (C=O) groups excluding carboxylic acids is 2. The van der Waals surface area contributed by atoms with Crippen molar-refractivity contribution < 1.29 is 23.9 Å². The van der Waals surface area contributed by atoms with E-state index in [9.17, 15) is 19.7 Å². The fraction of sp³-hybridized carbons (Fsp3) is 0.690. The Labute approximate surface area is 262 Å². The number of hydrazine groups is 1. The van der Waals surface area contributed by atoms with E-state index < -0.39 is 29.7 Å². The molecule has 1 aromatic carbocycles. The van der Waals surface area contributed by atoms with Crippen LogP contribution in [-0.2, 0) is 25.3 Å². The van der Waals surface area contributed by atoms with Crippen molar-refractivity contribution in [3.05, 3.63) is 44.4 Å². The molecular formula is C29H44BBrN6O6. The van der Waals surface area contributed by atoms with Crippen LogP contribution in [0, 0.1) is 33.3 Å². The third-order valence-electron chi connectivity index (χ3n) is 9.42. The molecule has 4 aliphatic rings. The number of guanidine groups is 1. The van der Waals surface area contributed by atoms with E-state index in [2.05, 4.69) is 66.2 Å². The van der Waals surface area contributed by atoms with Gasteiger partial charge < -0.3 is 25.7 Å². The summed E-state index contributed by atoms with van der Waals surface area (Å²) >= 11 is 3.40. The molecular weight excluding hydrogens is 619 g/mol. The SMILES string of the molecule is CC(C)C[C@H](NC(=O)[C@H](CCCN=C(N)N[N+](=O)[O-])NC(=O)Cc1ccc(Br)cc1)B1O[C@@H]2C[C@H]3C[C@H](C3(C)C)[C@]2(C)O1. The zero-order valence-electron chi connectivity index (χ0n) is 25.6. The minimum atomic E-state index is -0.858. The van der Waals surface area contributed by atoms with Gasteiger partial charge in [0.2, 0.25) is 11.8 Å². The zero-order valence-corrected chi connectivity index (χ0v) is 27.2. The molecule has 3 saturated carbocycles. The molecule has 4 fully saturated rings. The summed E-state index contributed by atoms with van der Waals surface area (Å²) in [6.07, 6.45) is 3.43. The quantitative estimate of drug-likeness (QED) is 0.0623. The molecule has 0 aromatic heterocycles. The van der Waals surface area contributed by atoms with E-state index in [0.717, 1.165) is 22.9 Å². The van der Waals surface area contributed by atoms with Crippen molar-refractivity contribution in [2.24, 2.45) is 33.9 Å². The van der Waals surface area contributed by atoms with Gasteiger partial charge in [-0.1, -0.05) is 61.2 Å². The van der Waals surface area contributed by atoms with Crippen LogP contribution in [0.3, 0.4) is 0 Å². The molecule has 1 saturated heterocycles. The molecule has 236 valence electrons. The standard InChI is InChI=1S/C29H44BBrN6O6/c1-17(2)13-24(30-42-23-16-19-15-22(28(19,3)4)29(23,5)43-30)35-26(39)21(7-6-12-33-27(32)36-37(40)41)34-25(38)14-18-8-10-20(31)11-9-18/h8-11,17,19,21-24H,6-7,12-16H2,1-5H3,(H,34,38)(H,35,39)(H3,32,33,36)/t19-,21+,22-,23-,24+,29+/m1/s1. The summed E-state index contributed by atoms with van der Waals surface area (Å²) in [4.78, 5) is 41.3. The Balaban J connectivity index is 1.45. The number of nitrogens with zero attached hydrogens (tertiary/aromatic N) is 2. The molecule has 1 aliphatic heterocycles. The van der Waals surface area contributed by atoms with Crippen LogP contribution < -0.4 is 21.8 Å². The molecule has 0 radical (unpaired) electrons. The summed E-state index contributed by atoms with van der Waals surface area (Å²) < 4.78 is 14.1. The number of hydrogen-bond acceptors (Lipinski definition) is 7. The summed E-state index contributed by atoms with van der Waals surface area (Å²) in [5, 5.41) is 15.8. The summed E-state index contributed by atoms with van der Waals surface area (Å²) in [6, 6.07) is 6.55. The van der Waals surface area contributed by atoms with E-state index in [0.29, 0.717) is 24.7 Å². The molecule has 43 heavy (non-hydrogen) atoms. The summed E-state index contributed by atoms with van der Waals surface area (Å²) in [5.41, 5.74) is 7.92. The topological polar surface area (TPSA) is 170 Å². The average molecular weight is 663 g/mol. The molecule has 3 aliphatic carbocycles. The largest absolute Gasteiger partial charge is 0.481 e. The van der Waals surface area contributed by atoms with Crippen molar-refractivity contribution in [1.29, 1.82) is 0 Å². The number of nitrogens with two attached hydrogens (primary N) is 1. The Morgan fingerprint density at radius 1 is 1.21 bits per heavy atom. The number of nitro groups is 1. The van der Waals surface area contributed by atoms with Crippen LogP contribution in [-0.4, -0.2) is 60.2 Å². The molecule has 5 N–H and O–H groups in total. The van der Waals surface area contributed by atoms with Crippen LogP contribution in [0.1, 0.15) is 72.3 Å². The fourth-order valence-corrected chi connectivity index (χ4v) is 7.29. The molecule has 12 nitrogen and oxygen atoms in total. The van der Waals surface area contributed by atoms with E-state index in [1.807, 2.05) is 24.3 Å². The smallest absolute Gasteiger partial charge is 0.404 e. The molecule has 14 heteroatoms. The van der Waals surface area contributed by atoms with E-state index >= 15 is 0 Å². The van der Waals surface area contributed by atoms with Crippen molar-refractivity contribution in [3.63, 3.8) is 0 Å². The highest BCUT2D eigenvalue weighted by atomic mass is 79.9. The van der Waals surface area contributed by atoms with Crippen molar-refractivity contribution in [3.8, 4) is 0 Å². The van der Waals surface area contributed by atoms with Gasteiger partial charge in [-0.3, -0.25) is 9.59 Å². The molecule has 2 bridgehead atoms. The highest BCUT2D eigenvalue weighted by molar-refractivity contribution is 9.10. The van der Waals surface area contributed by atoms with Crippen LogP contribution in [0.5, 0.6) is 0 Å². The van der Waals surface area contributed by atoms with E-state index in [4.69, 9.17) is 15.0 Å². The number of benzene rings is 1. The molecule has 0 unspecified atom stereocenters. The number of rotatable bonds is 13. The predicted octanol–water partition coefficient (Wildman–Crippen LogP) is 3.15. The Morgan fingerprint density at radius 2 is 1.91 bits per heavy atom. The second-order valence-corrected chi connectivity index (χ2v) is 14.2. The zero-order chi connectivity index (χ0) is 31.5. The summed E-state index contributed by atoms with van der Waals surface area (Å²) in [7, 11) is -0.590. The first-order valence-corrected chi connectivity index (χ1v) is 15.9. The van der Waals surface area contributed by atoms with Gasteiger partial charge in [0, 0.05) is 11.0 Å². The van der Waals surface area contributed by atoms with Gasteiger partial charge in [0.1, 0.15) is 6.04 Å². The maximum atomic E-state index is 13.8. The van der Waals surface area contributed by atoms with E-state index in [-0.39, 0.29) is 54.6 Å². The molecule has 2 amide bonds. The van der Waals surface area contributed by atoms with Crippen LogP contribution >= 0.6 is 15.9 Å². The van der Waals surface area contributed by atoms with E-state index in [1.54, 1.807) is 5.43 Å². The van der Waals surface area contributed by atoms with Crippen LogP contribution in [0.15, 0.2) is 33.7 Å². The number of hydrogen-bond donors (Lipinski definition) is 4. The third kappa shape index (κ3) is 7.88. The van der Waals surface area contributed by atoms with Crippen molar-refractivity contribution in [2.75, 3.05) is 6.54 Å². The van der Waals surface area contributed by atoms with Gasteiger partial charge in [0.25, 0.3) is 5.96 Å². The number of halogens is 1. The molecule has 5 rings (SSSR count). The maximum Gasteiger partial charge on any atom is 0.481 e. The third-order valence-corrected chi connectivity index (χ3v) is 9.95. The van der Waals surface area contributed by atoms with Gasteiger partial charge in [0.15, 0.2) is 5.03 Å². The van der Waals surface area contributed by atoms with Crippen LogP contribution in [0.25, 0.3) is 0 Å². The van der Waals surface area contributed by atoms with Crippen molar-refractivity contribution in [2.45, 2.75) is 96.8 Å². The lowest BCUT2D eigenvalue weighted by Crippen LogP contribution is -2.65. The Morgan fingerprint density at radius 3 is 2.53 bits per heavy atom. The van der Waals surface area contributed by atoms with Crippen molar-refractivity contribution in [1.82, 2.24) is 16.1 Å². The molecule has 1 heterocycles. The second kappa shape index (κ2) is 13.5. The van der Waals surface area contributed by atoms with Crippen molar-refractivity contribution >= 4 is 40.8 Å². The first kappa shape index (κ1) is 33.2. The van der Waals surface area contributed by atoms with Gasteiger partial charge >= 0.3 is 7.12 Å². The Hall–Kier alpha value is -2.71. The number of carbonyl (C=O) groups is 2. The lowest BCUT2D eigenvalue weighted by Gasteiger charge is -2.64. The summed E-state index contributed by atoms with van der Waals surface area (Å²) in [6.45, 7) is 11.1. The first-order valence-electron chi connectivity index (χ1n) is 15.1. The minimum Gasteiger partial charge on any atom is -0.404 e. The average Bonchev–Trinajstić information content (AvgIpc) is 3.27. The van der Waals surface area contributed by atoms with Crippen LogP contribution in [0.4, 0.5) is 0 Å². The monoisotopic (exact) mass is 662 g/mol. The van der Waals surface area contributed by atoms with Gasteiger partial charge in [-0.2, -0.15) is 0 Å². The lowest BCUT2D eigenvalue weighted by atomic mass is 9.43. The highest BCUT2D eigenvalue weighted by Crippen LogP contribution is 2.65. The minimum absolute atomic E-state index is 0.0154. The molecule has 1 aromatic rings. The summed E-state index contributed by atoms with van der Waals surface area (Å²) in [5.74, 6) is -0.101. The maximum absolute atomic E-state index is 13.8. The van der Waals surface area contributed by atoms with Gasteiger partial charge in [-0.05, 0) is 79.9 Å². The van der Waals surface area contributed by atoms with Gasteiger partial charge in [0.05, 0.1) is 24.1 Å². The fourth-order valence-electron chi connectivity index (χ4n) is 7.03. The lowest BCUT2D eigenvalue weighted by molar-refractivity contribution is -0.525. The predicted molar refractivity (Wildman–Crippen MR) is 167 cm³/mol. The Kier molecular flexibility index (Phi) is 10.4. The number of aliphatic imine (C=N–C) groups is 1. The molecule has 0 spiro atoms. The highest BCUT2D eigenvalue weighted by Gasteiger charge is 2.68. The Bertz CT molecular complexity index is 1220. The van der Waals surface area contributed by atoms with Gasteiger partial charge in [-0.25, -0.2) is 15.1 Å². The number of amides is 2.